The Morgan fingerprint density at radius 1 is 1.07 bits per heavy atom. The van der Waals surface area contributed by atoms with Crippen LogP contribution in [0.2, 0.25) is 0 Å². The number of aromatic amines is 1. The average Bonchev–Trinajstić information content (AvgIpc) is 3.31. The number of H-pyrrole nitrogens is 1. The number of para-hydroxylation sites is 1. The Hall–Kier alpha value is -3.03. The zero-order valence-electron chi connectivity index (χ0n) is 14.5. The van der Waals surface area contributed by atoms with Crippen molar-refractivity contribution in [1.82, 2.24) is 24.8 Å². The third-order valence-electron chi connectivity index (χ3n) is 5.17. The highest BCUT2D eigenvalue weighted by molar-refractivity contribution is 5.80. The van der Waals surface area contributed by atoms with Crippen molar-refractivity contribution in [3.05, 3.63) is 54.0 Å². The van der Waals surface area contributed by atoms with Crippen molar-refractivity contribution in [2.24, 2.45) is 0 Å². The minimum atomic E-state index is -2.71. The highest BCUT2D eigenvalue weighted by atomic mass is 19.3. The van der Waals surface area contributed by atoms with Gasteiger partial charge in [0.15, 0.2) is 5.65 Å². The number of anilines is 1. The quantitative estimate of drug-likeness (QED) is 0.586. The number of aromatic nitrogens is 5. The maximum atomic E-state index is 13.2. The smallest absolute Gasteiger partial charge is 0.299 e. The molecule has 1 aromatic carbocycles. The van der Waals surface area contributed by atoms with E-state index >= 15 is 0 Å². The first-order valence-electron chi connectivity index (χ1n) is 9.05. The standard InChI is InChI=1S/C19H18F2N6/c20-18(21)19-24-23-16-8-9-17(25-27(16)19)26-10-4-3-7-15(26)14-11-12-5-1-2-6-13(12)22-14/h1-2,5-6,8-9,11,15,18,22H,3-4,7,10H2. The second-order valence-electron chi connectivity index (χ2n) is 6.84. The Bertz CT molecular complexity index is 1070. The minimum Gasteiger partial charge on any atom is -0.357 e. The molecule has 138 valence electrons. The van der Waals surface area contributed by atoms with Crippen LogP contribution in [0.1, 0.15) is 43.2 Å². The normalized spacial score (nSPS) is 18.0. The largest absolute Gasteiger partial charge is 0.357 e. The molecule has 4 aromatic rings. The summed E-state index contributed by atoms with van der Waals surface area (Å²) in [5.41, 5.74) is 2.55. The van der Waals surface area contributed by atoms with Gasteiger partial charge in [0.05, 0.1) is 6.04 Å². The van der Waals surface area contributed by atoms with Crippen LogP contribution in [0.3, 0.4) is 0 Å². The van der Waals surface area contributed by atoms with Crippen LogP contribution in [0.5, 0.6) is 0 Å². The monoisotopic (exact) mass is 368 g/mol. The van der Waals surface area contributed by atoms with Gasteiger partial charge < -0.3 is 9.88 Å². The van der Waals surface area contributed by atoms with Crippen molar-refractivity contribution in [3.63, 3.8) is 0 Å². The van der Waals surface area contributed by atoms with Gasteiger partial charge in [0.25, 0.3) is 6.43 Å². The molecule has 0 saturated carbocycles. The molecule has 0 amide bonds. The van der Waals surface area contributed by atoms with Gasteiger partial charge in [-0.1, -0.05) is 18.2 Å². The van der Waals surface area contributed by atoms with Gasteiger partial charge in [0.1, 0.15) is 5.82 Å². The molecule has 4 heterocycles. The zero-order chi connectivity index (χ0) is 18.4. The summed E-state index contributed by atoms with van der Waals surface area (Å²) < 4.78 is 27.5. The van der Waals surface area contributed by atoms with Crippen LogP contribution in [-0.2, 0) is 0 Å². The van der Waals surface area contributed by atoms with Gasteiger partial charge in [0.2, 0.25) is 5.82 Å². The van der Waals surface area contributed by atoms with Crippen LogP contribution < -0.4 is 4.90 Å². The summed E-state index contributed by atoms with van der Waals surface area (Å²) in [6.45, 7) is 0.824. The van der Waals surface area contributed by atoms with E-state index in [4.69, 9.17) is 0 Å². The number of fused-ring (bicyclic) bond motifs is 2. The molecule has 1 fully saturated rings. The number of hydrogen-bond acceptors (Lipinski definition) is 4. The van der Waals surface area contributed by atoms with Crippen LogP contribution in [0.4, 0.5) is 14.6 Å². The Kier molecular flexibility index (Phi) is 3.77. The Morgan fingerprint density at radius 2 is 1.96 bits per heavy atom. The number of piperidine rings is 1. The van der Waals surface area contributed by atoms with E-state index in [2.05, 4.69) is 43.4 Å². The SMILES string of the molecule is FC(F)c1nnc2ccc(N3CCCCC3c3cc4ccccc4[nH]3)nn12. The van der Waals surface area contributed by atoms with Gasteiger partial charge in [-0.15, -0.1) is 15.3 Å². The third kappa shape index (κ3) is 2.72. The number of nitrogens with one attached hydrogen (secondary N) is 1. The molecular formula is C19H18F2N6. The molecule has 8 heteroatoms. The topological polar surface area (TPSA) is 62.1 Å². The lowest BCUT2D eigenvalue weighted by molar-refractivity contribution is 0.137. The molecule has 3 aromatic heterocycles. The van der Waals surface area contributed by atoms with E-state index in [-0.39, 0.29) is 6.04 Å². The van der Waals surface area contributed by atoms with Crippen molar-refractivity contribution in [2.75, 3.05) is 11.4 Å². The Labute approximate surface area is 153 Å². The first-order chi connectivity index (χ1) is 13.2. The summed E-state index contributed by atoms with van der Waals surface area (Å²) in [5, 5.41) is 12.9. The van der Waals surface area contributed by atoms with Crippen LogP contribution in [0.25, 0.3) is 16.6 Å². The maximum absolute atomic E-state index is 13.2. The predicted octanol–water partition coefficient (Wildman–Crippen LogP) is 4.27. The molecule has 27 heavy (non-hydrogen) atoms. The van der Waals surface area contributed by atoms with Gasteiger partial charge in [-0.3, -0.25) is 0 Å². The van der Waals surface area contributed by atoms with E-state index in [0.29, 0.717) is 11.5 Å². The molecule has 5 rings (SSSR count). The number of hydrogen-bond donors (Lipinski definition) is 1. The summed E-state index contributed by atoms with van der Waals surface area (Å²) in [4.78, 5) is 5.69. The van der Waals surface area contributed by atoms with E-state index in [1.54, 1.807) is 6.07 Å². The number of rotatable bonds is 3. The van der Waals surface area contributed by atoms with Crippen molar-refractivity contribution < 1.29 is 8.78 Å². The molecular weight excluding hydrogens is 350 g/mol. The lowest BCUT2D eigenvalue weighted by atomic mass is 9.99. The number of alkyl halides is 2. The lowest BCUT2D eigenvalue weighted by Gasteiger charge is -2.36. The molecule has 1 saturated heterocycles. The van der Waals surface area contributed by atoms with Gasteiger partial charge in [-0.2, -0.15) is 4.52 Å². The van der Waals surface area contributed by atoms with Crippen molar-refractivity contribution >= 4 is 22.4 Å². The summed E-state index contributed by atoms with van der Waals surface area (Å²) in [5.74, 6) is 0.235. The highest BCUT2D eigenvalue weighted by Crippen LogP contribution is 2.35. The average molecular weight is 368 g/mol. The highest BCUT2D eigenvalue weighted by Gasteiger charge is 2.27. The number of halogens is 2. The first kappa shape index (κ1) is 16.2. The minimum absolute atomic E-state index is 0.127. The van der Waals surface area contributed by atoms with Crippen LogP contribution >= 0.6 is 0 Å². The molecule has 1 aliphatic rings. The summed E-state index contributed by atoms with van der Waals surface area (Å²) in [6.07, 6.45) is 0.429. The van der Waals surface area contributed by atoms with Gasteiger partial charge >= 0.3 is 0 Å². The fourth-order valence-corrected chi connectivity index (χ4v) is 3.89. The molecule has 0 aliphatic carbocycles. The molecule has 6 nitrogen and oxygen atoms in total. The lowest BCUT2D eigenvalue weighted by Crippen LogP contribution is -2.34. The molecule has 1 N–H and O–H groups in total. The molecule has 0 spiro atoms. The van der Waals surface area contributed by atoms with E-state index < -0.39 is 12.2 Å². The number of benzene rings is 1. The Balaban J connectivity index is 1.57. The molecule has 1 aliphatic heterocycles. The van der Waals surface area contributed by atoms with E-state index in [1.165, 1.54) is 5.39 Å². The van der Waals surface area contributed by atoms with Gasteiger partial charge in [-0.25, -0.2) is 8.78 Å². The van der Waals surface area contributed by atoms with Crippen LogP contribution in [-0.4, -0.2) is 31.3 Å². The molecule has 0 radical (unpaired) electrons. The molecule has 1 atom stereocenters. The van der Waals surface area contributed by atoms with E-state index in [0.717, 1.165) is 41.5 Å². The fourth-order valence-electron chi connectivity index (χ4n) is 3.89. The summed E-state index contributed by atoms with van der Waals surface area (Å²) in [6, 6.07) is 14.0. The predicted molar refractivity (Wildman–Crippen MR) is 98.0 cm³/mol. The second kappa shape index (κ2) is 6.29. The third-order valence-corrected chi connectivity index (χ3v) is 5.17. The summed E-state index contributed by atoms with van der Waals surface area (Å²) in [7, 11) is 0. The second-order valence-corrected chi connectivity index (χ2v) is 6.84. The first-order valence-corrected chi connectivity index (χ1v) is 9.05. The zero-order valence-corrected chi connectivity index (χ0v) is 14.5. The van der Waals surface area contributed by atoms with E-state index in [9.17, 15) is 8.78 Å². The molecule has 0 bridgehead atoms. The van der Waals surface area contributed by atoms with Gasteiger partial charge in [0, 0.05) is 17.8 Å². The van der Waals surface area contributed by atoms with E-state index in [1.807, 2.05) is 18.2 Å². The summed E-state index contributed by atoms with van der Waals surface area (Å²) >= 11 is 0. The van der Waals surface area contributed by atoms with Crippen LogP contribution in [0.15, 0.2) is 42.5 Å². The maximum Gasteiger partial charge on any atom is 0.299 e. The van der Waals surface area contributed by atoms with Crippen molar-refractivity contribution in [3.8, 4) is 0 Å². The number of nitrogens with zero attached hydrogens (tertiary/aromatic N) is 5. The van der Waals surface area contributed by atoms with Crippen molar-refractivity contribution in [1.29, 1.82) is 0 Å². The van der Waals surface area contributed by atoms with Crippen LogP contribution in [0, 0.1) is 0 Å². The fraction of sp³-hybridized carbons (Fsp3) is 0.316. The molecule has 1 unspecified atom stereocenters. The van der Waals surface area contributed by atoms with Gasteiger partial charge in [-0.05, 0) is 48.9 Å². The Morgan fingerprint density at radius 3 is 2.81 bits per heavy atom. The van der Waals surface area contributed by atoms with Crippen molar-refractivity contribution in [2.45, 2.75) is 31.7 Å².